The van der Waals surface area contributed by atoms with Crippen molar-refractivity contribution in [3.8, 4) is 16.9 Å². The number of amides is 1. The molecule has 0 N–H and O–H groups in total. The molecule has 2 aromatic heterocycles. The number of rotatable bonds is 7. The summed E-state index contributed by atoms with van der Waals surface area (Å²) < 4.78 is 4.35. The lowest BCUT2D eigenvalue weighted by Crippen LogP contribution is -2.42. The van der Waals surface area contributed by atoms with Crippen molar-refractivity contribution < 1.29 is 4.79 Å². The first-order valence-corrected chi connectivity index (χ1v) is 12.1. The van der Waals surface area contributed by atoms with Crippen LogP contribution >= 0.6 is 0 Å². The number of hydrogen-bond donors (Lipinski definition) is 0. The smallest absolute Gasteiger partial charge is 0.331 e. The van der Waals surface area contributed by atoms with Gasteiger partial charge in [-0.25, -0.2) is 9.48 Å². The van der Waals surface area contributed by atoms with E-state index in [0.29, 0.717) is 17.4 Å². The third-order valence-electron chi connectivity index (χ3n) is 6.43. The zero-order valence-corrected chi connectivity index (χ0v) is 20.7. The summed E-state index contributed by atoms with van der Waals surface area (Å²) in [6.07, 6.45) is 1.93. The number of aromatic nitrogens is 4. The van der Waals surface area contributed by atoms with Crippen LogP contribution in [0, 0.1) is 0 Å². The fourth-order valence-electron chi connectivity index (χ4n) is 4.48. The van der Waals surface area contributed by atoms with E-state index in [1.165, 1.54) is 4.57 Å². The number of likely N-dealkylation sites (N-methyl/N-ethyl adjacent to an activating group) is 1. The van der Waals surface area contributed by atoms with Crippen molar-refractivity contribution in [2.45, 2.75) is 26.6 Å². The summed E-state index contributed by atoms with van der Waals surface area (Å²) in [5.74, 6) is -0.250. The van der Waals surface area contributed by atoms with Gasteiger partial charge in [-0.05, 0) is 31.2 Å². The first-order valence-electron chi connectivity index (χ1n) is 12.1. The van der Waals surface area contributed by atoms with Gasteiger partial charge < -0.3 is 4.90 Å². The Balaban J connectivity index is 1.48. The largest absolute Gasteiger partial charge is 0.340 e. The van der Waals surface area contributed by atoms with Gasteiger partial charge in [-0.15, -0.1) is 0 Å². The number of nitrogens with zero attached hydrogens (tertiary/aromatic N) is 5. The van der Waals surface area contributed by atoms with Crippen molar-refractivity contribution in [1.82, 2.24) is 23.8 Å². The third kappa shape index (κ3) is 4.61. The Morgan fingerprint density at radius 3 is 2.22 bits per heavy atom. The topological polar surface area (TPSA) is 82.1 Å². The van der Waals surface area contributed by atoms with Crippen molar-refractivity contribution >= 4 is 16.8 Å². The van der Waals surface area contributed by atoms with Crippen LogP contribution in [-0.2, 0) is 24.4 Å². The monoisotopic (exact) mass is 493 g/mol. The number of carbonyl (C=O) groups excluding carboxylic acids is 1. The van der Waals surface area contributed by atoms with E-state index >= 15 is 0 Å². The average molecular weight is 494 g/mol. The lowest BCUT2D eigenvalue weighted by Gasteiger charge is -2.19. The SMILES string of the molecule is CCn1c(=O)c2ccccc2n(CC(=O)N(C)Cc2cn(-c3ccccc3)nc2-c2ccccc2)c1=O. The quantitative estimate of drug-likeness (QED) is 0.346. The van der Waals surface area contributed by atoms with Gasteiger partial charge in [0.2, 0.25) is 5.91 Å². The van der Waals surface area contributed by atoms with Crippen LogP contribution in [0.15, 0.2) is 101 Å². The van der Waals surface area contributed by atoms with Crippen molar-refractivity contribution in [2.24, 2.45) is 0 Å². The van der Waals surface area contributed by atoms with Crippen molar-refractivity contribution in [3.63, 3.8) is 0 Å². The van der Waals surface area contributed by atoms with Crippen LogP contribution in [0.2, 0.25) is 0 Å². The highest BCUT2D eigenvalue weighted by Gasteiger charge is 2.19. The Kier molecular flexibility index (Phi) is 6.55. The molecule has 8 nitrogen and oxygen atoms in total. The molecular formula is C29H27N5O3. The summed E-state index contributed by atoms with van der Waals surface area (Å²) in [4.78, 5) is 40.8. The van der Waals surface area contributed by atoms with Crippen molar-refractivity contribution in [1.29, 1.82) is 0 Å². The Morgan fingerprint density at radius 1 is 0.865 bits per heavy atom. The molecule has 1 amide bonds. The van der Waals surface area contributed by atoms with Gasteiger partial charge in [0.15, 0.2) is 0 Å². The summed E-state index contributed by atoms with van der Waals surface area (Å²) in [5, 5.41) is 5.23. The fraction of sp³-hybridized carbons (Fsp3) is 0.172. The predicted octanol–water partition coefficient (Wildman–Crippen LogP) is 3.69. The molecular weight excluding hydrogens is 466 g/mol. The number of benzene rings is 3. The molecule has 0 spiro atoms. The Bertz CT molecular complexity index is 1680. The second-order valence-corrected chi connectivity index (χ2v) is 8.83. The molecule has 0 fully saturated rings. The van der Waals surface area contributed by atoms with Gasteiger partial charge in [0.25, 0.3) is 5.56 Å². The zero-order chi connectivity index (χ0) is 25.9. The van der Waals surface area contributed by atoms with E-state index < -0.39 is 5.69 Å². The number of para-hydroxylation sites is 2. The van der Waals surface area contributed by atoms with Gasteiger partial charge in [0, 0.05) is 37.5 Å². The molecule has 37 heavy (non-hydrogen) atoms. The van der Waals surface area contributed by atoms with Gasteiger partial charge >= 0.3 is 5.69 Å². The number of hydrogen-bond acceptors (Lipinski definition) is 4. The fourth-order valence-corrected chi connectivity index (χ4v) is 4.48. The minimum atomic E-state index is -0.491. The second kappa shape index (κ2) is 10.1. The van der Waals surface area contributed by atoms with Crippen LogP contribution in [0.4, 0.5) is 0 Å². The van der Waals surface area contributed by atoms with Crippen LogP contribution in [0.5, 0.6) is 0 Å². The van der Waals surface area contributed by atoms with Crippen molar-refractivity contribution in [2.75, 3.05) is 7.05 Å². The van der Waals surface area contributed by atoms with Crippen molar-refractivity contribution in [3.05, 3.63) is 118 Å². The van der Waals surface area contributed by atoms with Crippen LogP contribution in [-0.4, -0.2) is 36.8 Å². The minimum absolute atomic E-state index is 0.177. The molecule has 8 heteroatoms. The lowest BCUT2D eigenvalue weighted by molar-refractivity contribution is -0.131. The lowest BCUT2D eigenvalue weighted by atomic mass is 10.1. The molecule has 0 unspecified atom stereocenters. The second-order valence-electron chi connectivity index (χ2n) is 8.83. The third-order valence-corrected chi connectivity index (χ3v) is 6.43. The summed E-state index contributed by atoms with van der Waals surface area (Å²) in [7, 11) is 1.71. The number of fused-ring (bicyclic) bond motifs is 1. The predicted molar refractivity (Wildman–Crippen MR) is 144 cm³/mol. The molecule has 0 bridgehead atoms. The maximum Gasteiger partial charge on any atom is 0.331 e. The Hall–Kier alpha value is -4.72. The molecule has 0 aliphatic heterocycles. The highest BCUT2D eigenvalue weighted by atomic mass is 16.2. The van der Waals surface area contributed by atoms with E-state index in [1.54, 1.807) is 43.1 Å². The van der Waals surface area contributed by atoms with E-state index in [2.05, 4.69) is 0 Å². The van der Waals surface area contributed by atoms with E-state index in [-0.39, 0.29) is 24.6 Å². The maximum atomic E-state index is 13.4. The molecule has 0 aliphatic rings. The van der Waals surface area contributed by atoms with Gasteiger partial charge in [0.1, 0.15) is 6.54 Å². The molecule has 2 heterocycles. The summed E-state index contributed by atoms with van der Waals surface area (Å²) in [6, 6.07) is 26.5. The summed E-state index contributed by atoms with van der Waals surface area (Å²) in [5.41, 5.74) is 3.14. The molecule has 0 saturated carbocycles. The summed E-state index contributed by atoms with van der Waals surface area (Å²) >= 11 is 0. The van der Waals surface area contributed by atoms with E-state index in [9.17, 15) is 14.4 Å². The van der Waals surface area contributed by atoms with E-state index in [4.69, 9.17) is 5.10 Å². The van der Waals surface area contributed by atoms with Crippen LogP contribution in [0.3, 0.4) is 0 Å². The van der Waals surface area contributed by atoms with E-state index in [0.717, 1.165) is 27.1 Å². The maximum absolute atomic E-state index is 13.4. The Morgan fingerprint density at radius 2 is 1.51 bits per heavy atom. The zero-order valence-electron chi connectivity index (χ0n) is 20.7. The molecule has 0 saturated heterocycles. The summed E-state index contributed by atoms with van der Waals surface area (Å²) in [6.45, 7) is 2.09. The highest BCUT2D eigenvalue weighted by molar-refractivity contribution is 5.81. The molecule has 3 aromatic carbocycles. The molecule has 5 rings (SSSR count). The molecule has 0 radical (unpaired) electrons. The minimum Gasteiger partial charge on any atom is -0.340 e. The molecule has 5 aromatic rings. The first kappa shape index (κ1) is 24.0. The van der Waals surface area contributed by atoms with Crippen LogP contribution in [0.1, 0.15) is 12.5 Å². The molecule has 0 aliphatic carbocycles. The van der Waals surface area contributed by atoms with Gasteiger partial charge in [-0.3, -0.25) is 18.7 Å². The average Bonchev–Trinajstić information content (AvgIpc) is 3.36. The highest BCUT2D eigenvalue weighted by Crippen LogP contribution is 2.25. The number of carbonyl (C=O) groups is 1. The standard InChI is InChI=1S/C29H27N5O3/c1-3-32-28(36)24-16-10-11-17-25(24)33(29(32)37)20-26(35)31(2)18-22-19-34(23-14-8-5-9-15-23)30-27(22)21-12-6-4-7-13-21/h4-17,19H,3,18,20H2,1-2H3. The molecule has 0 atom stereocenters. The van der Waals surface area contributed by atoms with Gasteiger partial charge in [-0.2, -0.15) is 5.10 Å². The van der Waals surface area contributed by atoms with Crippen LogP contribution in [0.25, 0.3) is 27.8 Å². The Labute approximate surface area is 213 Å². The first-order chi connectivity index (χ1) is 18.0. The van der Waals surface area contributed by atoms with Crippen LogP contribution < -0.4 is 11.2 Å². The van der Waals surface area contributed by atoms with E-state index in [1.807, 2.05) is 71.5 Å². The normalized spacial score (nSPS) is 11.1. The van der Waals surface area contributed by atoms with Gasteiger partial charge in [0.05, 0.1) is 22.3 Å². The van der Waals surface area contributed by atoms with Gasteiger partial charge in [-0.1, -0.05) is 60.7 Å². The molecule has 186 valence electrons.